The van der Waals surface area contributed by atoms with Gasteiger partial charge < -0.3 is 10.6 Å². The molecule has 6 nitrogen and oxygen atoms in total. The summed E-state index contributed by atoms with van der Waals surface area (Å²) in [5, 5.41) is 9.92. The lowest BCUT2D eigenvalue weighted by atomic mass is 10.1. The van der Waals surface area contributed by atoms with Crippen LogP contribution in [0.2, 0.25) is 0 Å². The van der Waals surface area contributed by atoms with E-state index in [4.69, 9.17) is 0 Å². The van der Waals surface area contributed by atoms with Crippen LogP contribution in [0.15, 0.2) is 6.07 Å². The van der Waals surface area contributed by atoms with Crippen LogP contribution in [0.25, 0.3) is 0 Å². The van der Waals surface area contributed by atoms with Crippen LogP contribution in [0.3, 0.4) is 0 Å². The molecule has 0 bridgehead atoms. The number of aryl methyl sites for hydroxylation is 2. The number of rotatable bonds is 3. The highest BCUT2D eigenvalue weighted by molar-refractivity contribution is 5.93. The summed E-state index contributed by atoms with van der Waals surface area (Å²) in [6.07, 6.45) is 1.16. The predicted molar refractivity (Wildman–Crippen MR) is 66.1 cm³/mol. The molecule has 1 saturated heterocycles. The number of hydrogen-bond donors (Lipinski definition) is 2. The van der Waals surface area contributed by atoms with Gasteiger partial charge in [-0.25, -0.2) is 0 Å². The minimum Gasteiger partial charge on any atom is -0.354 e. The second kappa shape index (κ2) is 5.20. The molecule has 6 heteroatoms. The Morgan fingerprint density at radius 1 is 1.67 bits per heavy atom. The van der Waals surface area contributed by atoms with Gasteiger partial charge in [-0.3, -0.25) is 14.3 Å². The van der Waals surface area contributed by atoms with E-state index < -0.39 is 0 Å². The van der Waals surface area contributed by atoms with E-state index in [-0.39, 0.29) is 17.9 Å². The zero-order chi connectivity index (χ0) is 13.1. The average molecular weight is 250 g/mol. The molecule has 1 atom stereocenters. The first-order valence-electron chi connectivity index (χ1n) is 6.22. The molecule has 0 aliphatic carbocycles. The highest BCUT2D eigenvalue weighted by Crippen LogP contribution is 2.07. The maximum atomic E-state index is 12.1. The number of amides is 2. The fourth-order valence-corrected chi connectivity index (χ4v) is 2.08. The number of carbonyl (C=O) groups excluding carboxylic acids is 2. The molecule has 18 heavy (non-hydrogen) atoms. The first-order chi connectivity index (χ1) is 8.60. The number of aromatic nitrogens is 2. The van der Waals surface area contributed by atoms with Crippen molar-refractivity contribution < 1.29 is 9.59 Å². The molecule has 0 spiro atoms. The van der Waals surface area contributed by atoms with Crippen LogP contribution in [0.4, 0.5) is 0 Å². The molecule has 2 heterocycles. The highest BCUT2D eigenvalue weighted by atomic mass is 16.2. The lowest BCUT2D eigenvalue weighted by Crippen LogP contribution is -2.48. The molecular weight excluding hydrogens is 232 g/mol. The third-order valence-corrected chi connectivity index (χ3v) is 3.04. The molecule has 2 rings (SSSR count). The third-order valence-electron chi connectivity index (χ3n) is 3.04. The van der Waals surface area contributed by atoms with Gasteiger partial charge in [0.1, 0.15) is 5.69 Å². The van der Waals surface area contributed by atoms with Crippen molar-refractivity contribution in [2.24, 2.45) is 0 Å². The molecule has 1 aliphatic rings. The Bertz CT molecular complexity index is 457. The molecule has 0 saturated carbocycles. The highest BCUT2D eigenvalue weighted by Gasteiger charge is 2.21. The Kier molecular flexibility index (Phi) is 3.64. The van der Waals surface area contributed by atoms with Crippen LogP contribution >= 0.6 is 0 Å². The maximum Gasteiger partial charge on any atom is 0.269 e. The average Bonchev–Trinajstić information content (AvgIpc) is 2.73. The van der Waals surface area contributed by atoms with Crippen LogP contribution in [0, 0.1) is 6.92 Å². The van der Waals surface area contributed by atoms with Crippen molar-refractivity contribution in [1.82, 2.24) is 20.4 Å². The number of nitrogens with one attached hydrogen (secondary N) is 2. The normalized spacial score (nSPS) is 19.4. The second-order valence-corrected chi connectivity index (χ2v) is 4.50. The molecule has 2 amide bonds. The minimum absolute atomic E-state index is 0.00992. The lowest BCUT2D eigenvalue weighted by Gasteiger charge is -2.23. The standard InChI is InChI=1S/C12H18N4O2/c1-3-16-10(6-8(2)15-16)12(18)14-9-4-5-11(17)13-7-9/h6,9H,3-5,7H2,1-2H3,(H,13,17)(H,14,18). The Hall–Kier alpha value is -1.85. The van der Waals surface area contributed by atoms with Crippen molar-refractivity contribution in [3.8, 4) is 0 Å². The fourth-order valence-electron chi connectivity index (χ4n) is 2.08. The molecule has 1 aromatic heterocycles. The van der Waals surface area contributed by atoms with Crippen LogP contribution in [-0.4, -0.2) is 34.2 Å². The maximum absolute atomic E-state index is 12.1. The topological polar surface area (TPSA) is 76.0 Å². The quantitative estimate of drug-likeness (QED) is 0.805. The zero-order valence-electron chi connectivity index (χ0n) is 10.7. The van der Waals surface area contributed by atoms with E-state index in [9.17, 15) is 9.59 Å². The first kappa shape index (κ1) is 12.6. The van der Waals surface area contributed by atoms with Crippen LogP contribution in [-0.2, 0) is 11.3 Å². The number of carbonyl (C=O) groups is 2. The molecule has 0 aromatic carbocycles. The van der Waals surface area contributed by atoms with Gasteiger partial charge in [0.05, 0.1) is 5.69 Å². The lowest BCUT2D eigenvalue weighted by molar-refractivity contribution is -0.122. The van der Waals surface area contributed by atoms with Crippen molar-refractivity contribution in [1.29, 1.82) is 0 Å². The number of hydrogen-bond acceptors (Lipinski definition) is 3. The molecule has 2 N–H and O–H groups in total. The van der Waals surface area contributed by atoms with E-state index >= 15 is 0 Å². The molecular formula is C12H18N4O2. The van der Waals surface area contributed by atoms with E-state index in [0.29, 0.717) is 31.6 Å². The van der Waals surface area contributed by atoms with Crippen LogP contribution in [0.5, 0.6) is 0 Å². The van der Waals surface area contributed by atoms with Gasteiger partial charge in [-0.1, -0.05) is 0 Å². The first-order valence-corrected chi connectivity index (χ1v) is 6.22. The summed E-state index contributed by atoms with van der Waals surface area (Å²) >= 11 is 0. The second-order valence-electron chi connectivity index (χ2n) is 4.50. The Morgan fingerprint density at radius 3 is 3.06 bits per heavy atom. The van der Waals surface area contributed by atoms with Crippen LogP contribution in [0.1, 0.15) is 35.9 Å². The fraction of sp³-hybridized carbons (Fsp3) is 0.583. The van der Waals surface area contributed by atoms with Crippen molar-refractivity contribution in [2.45, 2.75) is 39.3 Å². The van der Waals surface area contributed by atoms with Crippen molar-refractivity contribution >= 4 is 11.8 Å². The Balaban J connectivity index is 2.01. The SMILES string of the molecule is CCn1nc(C)cc1C(=O)NC1CCC(=O)NC1. The smallest absolute Gasteiger partial charge is 0.269 e. The van der Waals surface area contributed by atoms with Gasteiger partial charge in [0.2, 0.25) is 5.91 Å². The van der Waals surface area contributed by atoms with Crippen molar-refractivity contribution in [3.63, 3.8) is 0 Å². The molecule has 98 valence electrons. The van der Waals surface area contributed by atoms with E-state index in [0.717, 1.165) is 5.69 Å². The molecule has 1 fully saturated rings. The van der Waals surface area contributed by atoms with Gasteiger partial charge in [-0.05, 0) is 26.3 Å². The molecule has 0 radical (unpaired) electrons. The summed E-state index contributed by atoms with van der Waals surface area (Å²) < 4.78 is 1.69. The van der Waals surface area contributed by atoms with Gasteiger partial charge in [-0.2, -0.15) is 5.10 Å². The zero-order valence-corrected chi connectivity index (χ0v) is 10.7. The summed E-state index contributed by atoms with van der Waals surface area (Å²) in [6, 6.07) is 1.79. The third kappa shape index (κ3) is 2.69. The van der Waals surface area contributed by atoms with Gasteiger partial charge in [0.15, 0.2) is 0 Å². The summed E-state index contributed by atoms with van der Waals surface area (Å²) in [6.45, 7) is 4.98. The van der Waals surface area contributed by atoms with Gasteiger partial charge >= 0.3 is 0 Å². The van der Waals surface area contributed by atoms with Gasteiger partial charge in [0, 0.05) is 25.6 Å². The largest absolute Gasteiger partial charge is 0.354 e. The molecule has 1 aliphatic heterocycles. The summed E-state index contributed by atoms with van der Waals surface area (Å²) in [4.78, 5) is 23.1. The number of piperidine rings is 1. The minimum atomic E-state index is -0.126. The Labute approximate surface area is 106 Å². The van der Waals surface area contributed by atoms with Gasteiger partial charge in [-0.15, -0.1) is 0 Å². The molecule has 1 unspecified atom stereocenters. The van der Waals surface area contributed by atoms with Crippen molar-refractivity contribution in [3.05, 3.63) is 17.5 Å². The van der Waals surface area contributed by atoms with E-state index in [1.165, 1.54) is 0 Å². The predicted octanol–water partition coefficient (Wildman–Crippen LogP) is 0.220. The van der Waals surface area contributed by atoms with E-state index in [1.54, 1.807) is 10.7 Å². The summed E-state index contributed by atoms with van der Waals surface area (Å²) in [5.74, 6) is -0.0754. The van der Waals surface area contributed by atoms with E-state index in [1.807, 2.05) is 13.8 Å². The molecule has 1 aromatic rings. The summed E-state index contributed by atoms with van der Waals surface area (Å²) in [7, 11) is 0. The van der Waals surface area contributed by atoms with Crippen LogP contribution < -0.4 is 10.6 Å². The Morgan fingerprint density at radius 2 is 2.44 bits per heavy atom. The van der Waals surface area contributed by atoms with E-state index in [2.05, 4.69) is 15.7 Å². The van der Waals surface area contributed by atoms with Crippen molar-refractivity contribution in [2.75, 3.05) is 6.54 Å². The summed E-state index contributed by atoms with van der Waals surface area (Å²) in [5.41, 5.74) is 1.41. The number of nitrogens with zero attached hydrogens (tertiary/aromatic N) is 2. The monoisotopic (exact) mass is 250 g/mol. The van der Waals surface area contributed by atoms with Gasteiger partial charge in [0.25, 0.3) is 5.91 Å².